The fourth-order valence-electron chi connectivity index (χ4n) is 3.99. The first-order valence-corrected chi connectivity index (χ1v) is 9.45. The SMILES string of the molecule is CCCn1c([C@@H]2CCN(Cc3ccccc3OC)C2)nc2cccnc21. The topological polar surface area (TPSA) is 43.2 Å². The first kappa shape index (κ1) is 17.0. The highest BCUT2D eigenvalue weighted by molar-refractivity contribution is 5.71. The molecule has 136 valence electrons. The van der Waals surface area contributed by atoms with Crippen LogP contribution in [0.1, 0.15) is 37.1 Å². The van der Waals surface area contributed by atoms with E-state index in [1.807, 2.05) is 24.4 Å². The van der Waals surface area contributed by atoms with E-state index in [1.54, 1.807) is 7.11 Å². The number of aryl methyl sites for hydroxylation is 1. The molecule has 0 aliphatic carbocycles. The standard InChI is InChI=1S/C21H26N4O/c1-3-12-25-20(23-18-8-6-11-22-21(18)25)17-10-13-24(15-17)14-16-7-4-5-9-19(16)26-2/h4-9,11,17H,3,10,12-15H2,1-2H3/t17-/m1/s1. The van der Waals surface area contributed by atoms with Gasteiger partial charge in [-0.25, -0.2) is 9.97 Å². The number of rotatable bonds is 6. The van der Waals surface area contributed by atoms with E-state index in [4.69, 9.17) is 9.72 Å². The average molecular weight is 350 g/mol. The second-order valence-electron chi connectivity index (χ2n) is 7.00. The fourth-order valence-corrected chi connectivity index (χ4v) is 3.99. The Morgan fingerprint density at radius 1 is 1.19 bits per heavy atom. The number of aromatic nitrogens is 3. The molecule has 0 bridgehead atoms. The minimum absolute atomic E-state index is 0.463. The van der Waals surface area contributed by atoms with E-state index < -0.39 is 0 Å². The molecule has 4 rings (SSSR count). The van der Waals surface area contributed by atoms with Crippen LogP contribution in [0.25, 0.3) is 11.2 Å². The highest BCUT2D eigenvalue weighted by Gasteiger charge is 2.29. The number of nitrogens with zero attached hydrogens (tertiary/aromatic N) is 4. The lowest BCUT2D eigenvalue weighted by Crippen LogP contribution is -2.21. The molecule has 0 saturated carbocycles. The Hall–Kier alpha value is -2.40. The zero-order valence-electron chi connectivity index (χ0n) is 15.6. The molecule has 0 spiro atoms. The van der Waals surface area contributed by atoms with Crippen molar-refractivity contribution in [1.29, 1.82) is 0 Å². The molecule has 1 aromatic carbocycles. The van der Waals surface area contributed by atoms with Crippen LogP contribution in [0.5, 0.6) is 5.75 Å². The lowest BCUT2D eigenvalue weighted by Gasteiger charge is -2.18. The molecular formula is C21H26N4O. The number of pyridine rings is 1. The summed E-state index contributed by atoms with van der Waals surface area (Å²) in [5.41, 5.74) is 3.28. The zero-order chi connectivity index (χ0) is 17.9. The van der Waals surface area contributed by atoms with Gasteiger partial charge in [-0.15, -0.1) is 0 Å². The lowest BCUT2D eigenvalue weighted by molar-refractivity contribution is 0.315. The van der Waals surface area contributed by atoms with Gasteiger partial charge in [0.25, 0.3) is 0 Å². The van der Waals surface area contributed by atoms with Crippen molar-refractivity contribution < 1.29 is 4.74 Å². The molecule has 2 aromatic heterocycles. The summed E-state index contributed by atoms with van der Waals surface area (Å²) in [6.07, 6.45) is 4.09. The van der Waals surface area contributed by atoms with Crippen LogP contribution in [0.15, 0.2) is 42.6 Å². The van der Waals surface area contributed by atoms with E-state index in [0.29, 0.717) is 5.92 Å². The van der Waals surface area contributed by atoms with Gasteiger partial charge in [0.2, 0.25) is 0 Å². The monoisotopic (exact) mass is 350 g/mol. The van der Waals surface area contributed by atoms with E-state index in [-0.39, 0.29) is 0 Å². The molecule has 1 aliphatic rings. The summed E-state index contributed by atoms with van der Waals surface area (Å²) in [4.78, 5) is 12.0. The van der Waals surface area contributed by atoms with Crippen LogP contribution < -0.4 is 4.74 Å². The molecule has 3 aromatic rings. The maximum Gasteiger partial charge on any atom is 0.159 e. The first-order chi connectivity index (χ1) is 12.8. The second kappa shape index (κ2) is 7.46. The van der Waals surface area contributed by atoms with Gasteiger partial charge in [0.15, 0.2) is 5.65 Å². The minimum Gasteiger partial charge on any atom is -0.496 e. The van der Waals surface area contributed by atoms with Crippen molar-refractivity contribution in [2.75, 3.05) is 20.2 Å². The third-order valence-corrected chi connectivity index (χ3v) is 5.20. The Morgan fingerprint density at radius 3 is 2.92 bits per heavy atom. The highest BCUT2D eigenvalue weighted by atomic mass is 16.5. The van der Waals surface area contributed by atoms with Gasteiger partial charge >= 0.3 is 0 Å². The van der Waals surface area contributed by atoms with Gasteiger partial charge in [0.1, 0.15) is 17.1 Å². The Bertz CT molecular complexity index is 889. The minimum atomic E-state index is 0.463. The van der Waals surface area contributed by atoms with E-state index in [1.165, 1.54) is 11.4 Å². The number of fused-ring (bicyclic) bond motifs is 1. The Labute approximate surface area is 154 Å². The molecule has 0 unspecified atom stereocenters. The van der Waals surface area contributed by atoms with Crippen LogP contribution in [0.2, 0.25) is 0 Å². The Morgan fingerprint density at radius 2 is 2.08 bits per heavy atom. The van der Waals surface area contributed by atoms with Gasteiger partial charge in [0.05, 0.1) is 7.11 Å². The van der Waals surface area contributed by atoms with Crippen LogP contribution in [0.4, 0.5) is 0 Å². The van der Waals surface area contributed by atoms with Gasteiger partial charge < -0.3 is 9.30 Å². The summed E-state index contributed by atoms with van der Waals surface area (Å²) in [6.45, 7) is 6.23. The van der Waals surface area contributed by atoms with Gasteiger partial charge in [-0.2, -0.15) is 0 Å². The van der Waals surface area contributed by atoms with Crippen molar-refractivity contribution >= 4 is 11.2 Å². The Balaban J connectivity index is 1.55. The molecule has 0 N–H and O–H groups in total. The van der Waals surface area contributed by atoms with Crippen molar-refractivity contribution in [1.82, 2.24) is 19.4 Å². The normalized spacial score (nSPS) is 17.8. The highest BCUT2D eigenvalue weighted by Crippen LogP contribution is 2.31. The molecule has 26 heavy (non-hydrogen) atoms. The molecule has 5 nitrogen and oxygen atoms in total. The van der Waals surface area contributed by atoms with Crippen molar-refractivity contribution in [2.24, 2.45) is 0 Å². The number of ether oxygens (including phenoxy) is 1. The number of hydrogen-bond donors (Lipinski definition) is 0. The van der Waals surface area contributed by atoms with Gasteiger partial charge in [0, 0.05) is 37.3 Å². The average Bonchev–Trinajstić information content (AvgIpc) is 3.27. The quantitative estimate of drug-likeness (QED) is 0.677. The molecule has 0 radical (unpaired) electrons. The molecule has 1 atom stereocenters. The molecular weight excluding hydrogens is 324 g/mol. The molecule has 0 amide bonds. The molecule has 3 heterocycles. The first-order valence-electron chi connectivity index (χ1n) is 9.45. The second-order valence-corrected chi connectivity index (χ2v) is 7.00. The summed E-state index contributed by atoms with van der Waals surface area (Å²) in [5.74, 6) is 2.63. The summed E-state index contributed by atoms with van der Waals surface area (Å²) in [7, 11) is 1.74. The maximum atomic E-state index is 5.51. The third kappa shape index (κ3) is 3.19. The summed E-state index contributed by atoms with van der Waals surface area (Å²) in [5, 5.41) is 0. The van der Waals surface area contributed by atoms with Gasteiger partial charge in [-0.3, -0.25) is 4.90 Å². The van der Waals surface area contributed by atoms with Crippen LogP contribution in [0, 0.1) is 0 Å². The smallest absolute Gasteiger partial charge is 0.159 e. The van der Waals surface area contributed by atoms with E-state index in [9.17, 15) is 0 Å². The molecule has 1 aliphatic heterocycles. The summed E-state index contributed by atoms with van der Waals surface area (Å²) < 4.78 is 7.83. The maximum absolute atomic E-state index is 5.51. The number of imidazole rings is 1. The summed E-state index contributed by atoms with van der Waals surface area (Å²) >= 11 is 0. The lowest BCUT2D eigenvalue weighted by atomic mass is 10.1. The van der Waals surface area contributed by atoms with Gasteiger partial charge in [-0.05, 0) is 37.6 Å². The number of likely N-dealkylation sites (tertiary alicyclic amines) is 1. The van der Waals surface area contributed by atoms with Crippen molar-refractivity contribution in [3.05, 3.63) is 54.0 Å². The molecule has 5 heteroatoms. The molecule has 1 saturated heterocycles. The predicted molar refractivity (Wildman–Crippen MR) is 103 cm³/mol. The fraction of sp³-hybridized carbons (Fsp3) is 0.429. The number of para-hydroxylation sites is 1. The largest absolute Gasteiger partial charge is 0.496 e. The molecule has 1 fully saturated rings. The van der Waals surface area contributed by atoms with Crippen LogP contribution >= 0.6 is 0 Å². The van der Waals surface area contributed by atoms with Crippen LogP contribution in [0.3, 0.4) is 0 Å². The number of methoxy groups -OCH3 is 1. The number of benzene rings is 1. The van der Waals surface area contributed by atoms with Crippen LogP contribution in [-0.4, -0.2) is 39.6 Å². The van der Waals surface area contributed by atoms with E-state index in [2.05, 4.69) is 39.6 Å². The van der Waals surface area contributed by atoms with Gasteiger partial charge in [-0.1, -0.05) is 25.1 Å². The number of hydrogen-bond acceptors (Lipinski definition) is 4. The van der Waals surface area contributed by atoms with Crippen molar-refractivity contribution in [3.8, 4) is 5.75 Å². The zero-order valence-corrected chi connectivity index (χ0v) is 15.6. The third-order valence-electron chi connectivity index (χ3n) is 5.20. The van der Waals surface area contributed by atoms with Crippen LogP contribution in [-0.2, 0) is 13.1 Å². The van der Waals surface area contributed by atoms with Crippen molar-refractivity contribution in [3.63, 3.8) is 0 Å². The van der Waals surface area contributed by atoms with Crippen molar-refractivity contribution in [2.45, 2.75) is 38.8 Å². The Kier molecular flexibility index (Phi) is 4.89. The predicted octanol–water partition coefficient (Wildman–Crippen LogP) is 3.84. The van der Waals surface area contributed by atoms with E-state index in [0.717, 1.165) is 55.9 Å². The van der Waals surface area contributed by atoms with E-state index >= 15 is 0 Å². The summed E-state index contributed by atoms with van der Waals surface area (Å²) in [6, 6.07) is 12.3.